The molecule has 1 N–H and O–H groups in total. The number of halogens is 1. The summed E-state index contributed by atoms with van der Waals surface area (Å²) in [6.07, 6.45) is 0. The molecule has 0 saturated carbocycles. The van der Waals surface area contributed by atoms with E-state index >= 15 is 0 Å². The van der Waals surface area contributed by atoms with Crippen molar-refractivity contribution in [3.05, 3.63) is 85.6 Å². The molecule has 1 unspecified atom stereocenters. The van der Waals surface area contributed by atoms with Gasteiger partial charge in [0.2, 0.25) is 0 Å². The monoisotopic (exact) mass is 467 g/mol. The minimum Gasteiger partial charge on any atom is -0.507 e. The third-order valence-corrected chi connectivity index (χ3v) is 6.91. The molecule has 1 aliphatic rings. The molecule has 164 valence electrons. The third-order valence-electron chi connectivity index (χ3n) is 5.55. The van der Waals surface area contributed by atoms with Crippen LogP contribution in [0.3, 0.4) is 0 Å². The van der Waals surface area contributed by atoms with E-state index in [-0.39, 0.29) is 22.6 Å². The number of aliphatic hydroxyl groups is 1. The lowest BCUT2D eigenvalue weighted by Crippen LogP contribution is -2.29. The van der Waals surface area contributed by atoms with Crippen molar-refractivity contribution in [2.45, 2.75) is 26.8 Å². The molecule has 5 nitrogen and oxygen atoms in total. The first-order chi connectivity index (χ1) is 15.2. The molecule has 2 heterocycles. The van der Waals surface area contributed by atoms with Crippen LogP contribution in [0.1, 0.15) is 33.2 Å². The van der Waals surface area contributed by atoms with E-state index in [1.165, 1.54) is 23.3 Å². The summed E-state index contributed by atoms with van der Waals surface area (Å²) in [6, 6.07) is 12.0. The average Bonchev–Trinajstić information content (AvgIpc) is 3.28. The Morgan fingerprint density at radius 1 is 1.06 bits per heavy atom. The van der Waals surface area contributed by atoms with Gasteiger partial charge in [0, 0.05) is 10.6 Å². The highest BCUT2D eigenvalue weighted by atomic mass is 35.5. The van der Waals surface area contributed by atoms with Gasteiger partial charge in [0.25, 0.3) is 11.7 Å². The molecule has 0 bridgehead atoms. The minimum absolute atomic E-state index is 0.0149. The van der Waals surface area contributed by atoms with Crippen molar-refractivity contribution in [1.29, 1.82) is 0 Å². The molecule has 1 aliphatic heterocycles. The fourth-order valence-corrected chi connectivity index (χ4v) is 5.35. The number of benzene rings is 2. The molecule has 1 saturated heterocycles. The predicted octanol–water partition coefficient (Wildman–Crippen LogP) is 5.96. The Bertz CT molecular complexity index is 1260. The number of rotatable bonds is 4. The van der Waals surface area contributed by atoms with Gasteiger partial charge in [-0.25, -0.2) is 0 Å². The Labute approximate surface area is 195 Å². The first kappa shape index (κ1) is 22.1. The van der Waals surface area contributed by atoms with Gasteiger partial charge in [0.1, 0.15) is 17.6 Å². The van der Waals surface area contributed by atoms with Crippen LogP contribution in [0.4, 0.5) is 5.69 Å². The maximum atomic E-state index is 13.3. The Hall–Kier alpha value is -3.09. The summed E-state index contributed by atoms with van der Waals surface area (Å²) in [5, 5.41) is 13.6. The van der Waals surface area contributed by atoms with Gasteiger partial charge >= 0.3 is 0 Å². The van der Waals surface area contributed by atoms with E-state index in [9.17, 15) is 14.7 Å². The number of methoxy groups -OCH3 is 1. The summed E-state index contributed by atoms with van der Waals surface area (Å²) in [4.78, 5) is 28.8. The fourth-order valence-electron chi connectivity index (χ4n) is 3.97. The van der Waals surface area contributed by atoms with Crippen LogP contribution < -0.4 is 9.64 Å². The largest absolute Gasteiger partial charge is 0.507 e. The van der Waals surface area contributed by atoms with E-state index in [4.69, 9.17) is 16.3 Å². The second-order valence-electron chi connectivity index (χ2n) is 7.80. The molecule has 4 rings (SSSR count). The molecule has 3 aromatic rings. The van der Waals surface area contributed by atoms with Gasteiger partial charge in [0.15, 0.2) is 0 Å². The highest BCUT2D eigenvalue weighted by molar-refractivity contribution is 7.10. The van der Waals surface area contributed by atoms with E-state index < -0.39 is 17.7 Å². The number of nitrogens with zero attached hydrogens (tertiary/aromatic N) is 1. The van der Waals surface area contributed by atoms with E-state index in [1.807, 2.05) is 44.4 Å². The maximum Gasteiger partial charge on any atom is 0.300 e. The molecule has 0 aliphatic carbocycles. The van der Waals surface area contributed by atoms with Crippen molar-refractivity contribution in [3.8, 4) is 5.75 Å². The summed E-state index contributed by atoms with van der Waals surface area (Å²) in [7, 11) is 1.44. The standard InChI is InChI=1S/C25H22ClNO4S/c1-13-5-7-16(8-6-13)27-20(24-15(3)9-10-32-24)19(22(29)25(27)30)21(28)17-11-14(2)12-18(26)23(17)31-4/h5-12,20,28H,1-4H3/b21-19+. The van der Waals surface area contributed by atoms with Crippen LogP contribution in [0, 0.1) is 20.8 Å². The lowest BCUT2D eigenvalue weighted by Gasteiger charge is -2.25. The summed E-state index contributed by atoms with van der Waals surface area (Å²) in [5.74, 6) is -1.50. The van der Waals surface area contributed by atoms with Crippen molar-refractivity contribution in [2.75, 3.05) is 12.0 Å². The van der Waals surface area contributed by atoms with Gasteiger partial charge < -0.3 is 9.84 Å². The lowest BCUT2D eigenvalue weighted by atomic mass is 9.97. The van der Waals surface area contributed by atoms with Gasteiger partial charge in [-0.05, 0) is 67.6 Å². The molecule has 1 fully saturated rings. The molecular weight excluding hydrogens is 446 g/mol. The second-order valence-corrected chi connectivity index (χ2v) is 9.15. The Kier molecular flexibility index (Phi) is 5.84. The fraction of sp³-hybridized carbons (Fsp3) is 0.200. The number of aliphatic hydroxyl groups excluding tert-OH is 1. The summed E-state index contributed by atoms with van der Waals surface area (Å²) < 4.78 is 5.41. The van der Waals surface area contributed by atoms with E-state index in [2.05, 4.69) is 0 Å². The zero-order chi connectivity index (χ0) is 23.2. The predicted molar refractivity (Wildman–Crippen MR) is 128 cm³/mol. The van der Waals surface area contributed by atoms with Crippen molar-refractivity contribution < 1.29 is 19.4 Å². The highest BCUT2D eigenvalue weighted by Gasteiger charge is 2.48. The first-order valence-corrected chi connectivity index (χ1v) is 11.3. The number of amides is 1. The first-order valence-electron chi connectivity index (χ1n) is 10.0. The smallest absolute Gasteiger partial charge is 0.300 e. The van der Waals surface area contributed by atoms with Crippen LogP contribution in [-0.4, -0.2) is 23.9 Å². The van der Waals surface area contributed by atoms with Crippen LogP contribution in [0.5, 0.6) is 5.75 Å². The SMILES string of the molecule is COc1c(Cl)cc(C)cc1/C(O)=C1\C(=O)C(=O)N(c2ccc(C)cc2)C1c1sccc1C. The molecule has 1 aromatic heterocycles. The van der Waals surface area contributed by atoms with Crippen LogP contribution in [0.2, 0.25) is 5.02 Å². The summed E-state index contributed by atoms with van der Waals surface area (Å²) in [5.41, 5.74) is 3.63. The summed E-state index contributed by atoms with van der Waals surface area (Å²) in [6.45, 7) is 5.70. The number of anilines is 1. The van der Waals surface area contributed by atoms with Crippen LogP contribution >= 0.6 is 22.9 Å². The molecule has 1 atom stereocenters. The lowest BCUT2D eigenvalue weighted by molar-refractivity contribution is -0.132. The van der Waals surface area contributed by atoms with E-state index in [0.717, 1.165) is 21.6 Å². The molecule has 7 heteroatoms. The number of ketones is 1. The van der Waals surface area contributed by atoms with Crippen LogP contribution in [0.25, 0.3) is 5.76 Å². The van der Waals surface area contributed by atoms with Gasteiger partial charge in [-0.2, -0.15) is 0 Å². The molecule has 0 radical (unpaired) electrons. The van der Waals surface area contributed by atoms with E-state index in [0.29, 0.717) is 10.7 Å². The molecule has 0 spiro atoms. The molecule has 1 amide bonds. The minimum atomic E-state index is -0.762. The molecule has 2 aromatic carbocycles. The summed E-state index contributed by atoms with van der Waals surface area (Å²) >= 11 is 7.77. The van der Waals surface area contributed by atoms with Crippen LogP contribution in [0.15, 0.2) is 53.4 Å². The topological polar surface area (TPSA) is 66.8 Å². The zero-order valence-electron chi connectivity index (χ0n) is 18.1. The maximum absolute atomic E-state index is 13.3. The van der Waals surface area contributed by atoms with Crippen molar-refractivity contribution in [2.24, 2.45) is 0 Å². The number of carbonyl (C=O) groups excluding carboxylic acids is 2. The third kappa shape index (κ3) is 3.59. The van der Waals surface area contributed by atoms with Gasteiger partial charge in [0.05, 0.1) is 23.3 Å². The number of carbonyl (C=O) groups is 2. The van der Waals surface area contributed by atoms with Crippen molar-refractivity contribution >= 4 is 46.1 Å². The highest BCUT2D eigenvalue weighted by Crippen LogP contribution is 2.46. The number of ether oxygens (including phenoxy) is 1. The number of hydrogen-bond acceptors (Lipinski definition) is 5. The number of thiophene rings is 1. The second kappa shape index (κ2) is 8.45. The number of Topliss-reactive ketones (excluding diaryl/α,β-unsaturated/α-hetero) is 1. The van der Waals surface area contributed by atoms with Crippen molar-refractivity contribution in [3.63, 3.8) is 0 Å². The molecular formula is C25H22ClNO4S. The Morgan fingerprint density at radius 2 is 1.75 bits per heavy atom. The Morgan fingerprint density at radius 3 is 2.34 bits per heavy atom. The number of hydrogen-bond donors (Lipinski definition) is 1. The Balaban J connectivity index is 2.00. The van der Waals surface area contributed by atoms with Gasteiger partial charge in [-0.3, -0.25) is 14.5 Å². The van der Waals surface area contributed by atoms with Gasteiger partial charge in [-0.1, -0.05) is 29.3 Å². The molecule has 32 heavy (non-hydrogen) atoms. The average molecular weight is 468 g/mol. The normalized spacial score (nSPS) is 17.8. The van der Waals surface area contributed by atoms with Crippen molar-refractivity contribution in [1.82, 2.24) is 0 Å². The zero-order valence-corrected chi connectivity index (χ0v) is 19.7. The quantitative estimate of drug-likeness (QED) is 0.292. The van der Waals surface area contributed by atoms with E-state index in [1.54, 1.807) is 24.3 Å². The van der Waals surface area contributed by atoms with Gasteiger partial charge in [-0.15, -0.1) is 11.3 Å². The van der Waals surface area contributed by atoms with Crippen LogP contribution in [-0.2, 0) is 9.59 Å². The number of aryl methyl sites for hydroxylation is 3.